The van der Waals surface area contributed by atoms with Gasteiger partial charge in [0.05, 0.1) is 37.6 Å². The lowest BCUT2D eigenvalue weighted by molar-refractivity contribution is -0.140. The van der Waals surface area contributed by atoms with Crippen LogP contribution in [0.25, 0.3) is 45.1 Å². The Balaban J connectivity index is 0.000000167. The molecule has 0 spiro atoms. The number of alkyl halides is 6. The number of halogens is 7. The van der Waals surface area contributed by atoms with Crippen LogP contribution in [0.4, 0.5) is 55.8 Å². The van der Waals surface area contributed by atoms with Gasteiger partial charge in [0.2, 0.25) is 23.1 Å². The van der Waals surface area contributed by atoms with Crippen molar-refractivity contribution in [1.29, 1.82) is 0 Å². The summed E-state index contributed by atoms with van der Waals surface area (Å²) in [5.74, 6) is 1.55. The Morgan fingerprint density at radius 2 is 1.06 bits per heavy atom. The van der Waals surface area contributed by atoms with Gasteiger partial charge in [-0.2, -0.15) is 26.3 Å². The zero-order valence-electron chi connectivity index (χ0n) is 39.4. The van der Waals surface area contributed by atoms with Crippen molar-refractivity contribution in [3.63, 3.8) is 0 Å². The van der Waals surface area contributed by atoms with Crippen LogP contribution in [0.3, 0.4) is 0 Å². The monoisotopic (exact) mass is 1020 g/mol. The number of anilines is 5. The molecule has 6 aromatic heterocycles. The van der Waals surface area contributed by atoms with E-state index in [0.29, 0.717) is 106 Å². The minimum absolute atomic E-state index is 0.0226. The molecule has 4 aliphatic heterocycles. The van der Waals surface area contributed by atoms with E-state index in [1.165, 1.54) is 24.8 Å². The molecule has 0 amide bonds. The summed E-state index contributed by atoms with van der Waals surface area (Å²) in [6, 6.07) is 0. The zero-order valence-corrected chi connectivity index (χ0v) is 40.2. The number of ether oxygens (including phenoxy) is 2. The fourth-order valence-electron chi connectivity index (χ4n) is 8.24. The van der Waals surface area contributed by atoms with E-state index < -0.39 is 25.4 Å². The molecule has 0 aliphatic carbocycles. The Kier molecular flexibility index (Phi) is 15.1. The number of piperazine rings is 2. The number of nitrogens with one attached hydrogen (secondary N) is 3. The summed E-state index contributed by atoms with van der Waals surface area (Å²) in [6.45, 7) is 14.8. The summed E-state index contributed by atoms with van der Waals surface area (Å²) in [5.41, 5.74) is 12.6. The van der Waals surface area contributed by atoms with Crippen molar-refractivity contribution in [1.82, 2.24) is 74.9 Å². The second kappa shape index (κ2) is 21.0. The standard InChI is InChI=1S/C21H27F3N10O.C15H14ClF3N8O.C6H14N2/c1-20(2)11-33(4-3-28-20)19-29-14-16(32-5-7-35-8-6-32)30-15(13-9-26-18(25)27-10-13)31-17(14)34(19)12-21(22,23)24;16-13-23-9-11(26-1-3-28-4-2-26)24-10(8-5-21-14(20)22-6-8)25-12(9)27(13)7-15(17,18)19;1-6(2)5-7-3-4-8-6/h9-10,28H,3-8,11-12H2,1-2H3,(H2,25,26,27);5-6H,1-4,7H2,(H2,20,21,22);7-8H,3-5H2,1-2H3. The largest absolute Gasteiger partial charge is 0.406 e. The molecule has 0 atom stereocenters. The van der Waals surface area contributed by atoms with E-state index in [1.54, 1.807) is 0 Å². The van der Waals surface area contributed by atoms with Gasteiger partial charge in [-0.3, -0.25) is 9.13 Å². The smallest absolute Gasteiger partial charge is 0.378 e. The predicted octanol–water partition coefficient (Wildman–Crippen LogP) is 3.33. The molecule has 10 rings (SSSR count). The van der Waals surface area contributed by atoms with Crippen LogP contribution in [0.1, 0.15) is 27.7 Å². The number of aromatic nitrogens is 12. The first-order valence-electron chi connectivity index (χ1n) is 22.7. The van der Waals surface area contributed by atoms with Gasteiger partial charge in [-0.15, -0.1) is 0 Å². The highest BCUT2D eigenvalue weighted by atomic mass is 35.5. The fraction of sp³-hybridized carbons (Fsp3) is 0.571. The van der Waals surface area contributed by atoms with Gasteiger partial charge in [0.1, 0.15) is 13.1 Å². The number of nitrogens with zero attached hydrogens (tertiary/aromatic N) is 15. The van der Waals surface area contributed by atoms with Crippen LogP contribution < -0.4 is 42.1 Å². The van der Waals surface area contributed by atoms with Gasteiger partial charge in [-0.25, -0.2) is 49.8 Å². The predicted molar refractivity (Wildman–Crippen MR) is 254 cm³/mol. The van der Waals surface area contributed by atoms with E-state index in [4.69, 9.17) is 42.5 Å². The molecule has 4 saturated heterocycles. The molecule has 29 heteroatoms. The maximum atomic E-state index is 13.8. The molecule has 0 saturated carbocycles. The first kappa shape index (κ1) is 51.3. The Hall–Kier alpha value is -6.07. The number of fused-ring (bicyclic) bond motifs is 2. The van der Waals surface area contributed by atoms with Gasteiger partial charge in [0.25, 0.3) is 0 Å². The highest BCUT2D eigenvalue weighted by Gasteiger charge is 2.37. The fourth-order valence-corrected chi connectivity index (χ4v) is 8.47. The van der Waals surface area contributed by atoms with E-state index in [-0.39, 0.29) is 57.1 Å². The first-order chi connectivity index (χ1) is 33.6. The molecule has 4 aliphatic rings. The van der Waals surface area contributed by atoms with Crippen LogP contribution in [0.2, 0.25) is 5.28 Å². The number of rotatable bonds is 7. The van der Waals surface area contributed by atoms with Crippen molar-refractivity contribution < 1.29 is 35.8 Å². The molecular weight excluding hydrogens is 966 g/mol. The van der Waals surface area contributed by atoms with Gasteiger partial charge < -0.3 is 51.6 Å². The van der Waals surface area contributed by atoms with Crippen LogP contribution in [-0.2, 0) is 22.6 Å². The SMILES string of the molecule is CC1(C)CN(c2nc3c(N4CCOCC4)nc(-c4cnc(N)nc4)nc3n2CC(F)(F)F)CCN1.CC1(C)CNCCN1.Nc1ncc(-c2nc(N3CCOCC3)c3nc(Cl)n(CC(F)(F)F)c3n2)cn1. The molecule has 0 radical (unpaired) electrons. The van der Waals surface area contributed by atoms with Crippen LogP contribution in [0.5, 0.6) is 0 Å². The number of morpholine rings is 2. The number of imidazole rings is 2. The van der Waals surface area contributed by atoms with Crippen LogP contribution in [0.15, 0.2) is 24.8 Å². The quantitative estimate of drug-likeness (QED) is 0.114. The maximum Gasteiger partial charge on any atom is 0.406 e. The van der Waals surface area contributed by atoms with Gasteiger partial charge in [-0.05, 0) is 39.3 Å². The lowest BCUT2D eigenvalue weighted by Gasteiger charge is -2.39. The third-order valence-electron chi connectivity index (χ3n) is 11.6. The van der Waals surface area contributed by atoms with Gasteiger partial charge >= 0.3 is 12.4 Å². The number of hydrogen-bond donors (Lipinski definition) is 5. The normalized spacial score (nSPS) is 18.5. The van der Waals surface area contributed by atoms with E-state index in [0.717, 1.165) is 28.8 Å². The van der Waals surface area contributed by atoms with Gasteiger partial charge in [0, 0.05) is 101 Å². The average Bonchev–Trinajstić information content (AvgIpc) is 3.83. The Bertz CT molecular complexity index is 2750. The number of nitrogens with two attached hydrogens (primary N) is 2. The highest BCUT2D eigenvalue weighted by molar-refractivity contribution is 6.29. The molecule has 6 aromatic rings. The van der Waals surface area contributed by atoms with Crippen molar-refractivity contribution in [2.75, 3.05) is 118 Å². The lowest BCUT2D eigenvalue weighted by atomic mass is 10.0. The van der Waals surface area contributed by atoms with Crippen molar-refractivity contribution >= 4 is 63.4 Å². The number of hydrogen-bond acceptors (Lipinski definition) is 20. The van der Waals surface area contributed by atoms with E-state index in [1.807, 2.05) is 28.5 Å². The minimum atomic E-state index is -4.49. The third kappa shape index (κ3) is 12.9. The van der Waals surface area contributed by atoms with Gasteiger partial charge in [0.15, 0.2) is 45.6 Å². The summed E-state index contributed by atoms with van der Waals surface area (Å²) in [5, 5.41) is 9.77. The molecule has 0 unspecified atom stereocenters. The second-order valence-corrected chi connectivity index (χ2v) is 18.7. The summed E-state index contributed by atoms with van der Waals surface area (Å²) in [6.07, 6.45) is -3.25. The summed E-state index contributed by atoms with van der Waals surface area (Å²) >= 11 is 6.00. The minimum Gasteiger partial charge on any atom is -0.378 e. The van der Waals surface area contributed by atoms with Crippen LogP contribution >= 0.6 is 11.6 Å². The molecule has 7 N–H and O–H groups in total. The Morgan fingerprint density at radius 3 is 1.49 bits per heavy atom. The molecule has 71 heavy (non-hydrogen) atoms. The van der Waals surface area contributed by atoms with Crippen molar-refractivity contribution in [2.24, 2.45) is 0 Å². The Labute approximate surface area is 408 Å². The summed E-state index contributed by atoms with van der Waals surface area (Å²) in [7, 11) is 0. The van der Waals surface area contributed by atoms with Crippen molar-refractivity contribution in [2.45, 2.75) is 64.2 Å². The molecule has 384 valence electrons. The molecule has 4 fully saturated rings. The molecule has 22 nitrogen and oxygen atoms in total. The average molecular weight is 1020 g/mol. The summed E-state index contributed by atoms with van der Waals surface area (Å²) < 4.78 is 93.2. The van der Waals surface area contributed by atoms with Crippen LogP contribution in [0, 0.1) is 0 Å². The highest BCUT2D eigenvalue weighted by Crippen LogP contribution is 2.35. The van der Waals surface area contributed by atoms with E-state index in [9.17, 15) is 26.3 Å². The molecule has 0 bridgehead atoms. The molecule has 10 heterocycles. The van der Waals surface area contributed by atoms with E-state index >= 15 is 0 Å². The lowest BCUT2D eigenvalue weighted by Crippen LogP contribution is -2.57. The molecule has 0 aromatic carbocycles. The van der Waals surface area contributed by atoms with Crippen LogP contribution in [-0.4, -0.2) is 174 Å². The van der Waals surface area contributed by atoms with Gasteiger partial charge in [-0.1, -0.05) is 0 Å². The van der Waals surface area contributed by atoms with E-state index in [2.05, 4.69) is 69.7 Å². The maximum absolute atomic E-state index is 13.8. The van der Waals surface area contributed by atoms with Crippen molar-refractivity contribution in [3.05, 3.63) is 30.1 Å². The topological polar surface area (TPSA) is 255 Å². The summed E-state index contributed by atoms with van der Waals surface area (Å²) in [4.78, 5) is 48.3. The zero-order chi connectivity index (χ0) is 50.7. The Morgan fingerprint density at radius 1 is 0.592 bits per heavy atom. The third-order valence-corrected chi connectivity index (χ3v) is 11.9. The molecular formula is C42H55ClF6N20O2. The second-order valence-electron chi connectivity index (χ2n) is 18.4. The van der Waals surface area contributed by atoms with Crippen molar-refractivity contribution in [3.8, 4) is 22.8 Å². The first-order valence-corrected chi connectivity index (χ1v) is 23.1. The number of nitrogen functional groups attached to an aromatic ring is 2.